The number of nitrogens with zero attached hydrogens (tertiary/aromatic N) is 4. The Labute approximate surface area is 154 Å². The molecule has 0 spiro atoms. The lowest BCUT2D eigenvalue weighted by molar-refractivity contribution is 0.301. The molecule has 0 radical (unpaired) electrons. The Bertz CT molecular complexity index is 819. The fourth-order valence-electron chi connectivity index (χ4n) is 3.70. The Hall–Kier alpha value is -2.24. The van der Waals surface area contributed by atoms with Gasteiger partial charge in [-0.1, -0.05) is 13.8 Å². The van der Waals surface area contributed by atoms with Gasteiger partial charge in [-0.25, -0.2) is 14.6 Å². The fraction of sp³-hybridized carbons (Fsp3) is 0.600. The van der Waals surface area contributed by atoms with Crippen LogP contribution < -0.4 is 10.9 Å². The van der Waals surface area contributed by atoms with Crippen molar-refractivity contribution in [1.82, 2.24) is 19.7 Å². The number of rotatable bonds is 5. The summed E-state index contributed by atoms with van der Waals surface area (Å²) < 4.78 is 1.74. The molecular formula is C20H27N5O. The quantitative estimate of drug-likeness (QED) is 0.888. The first-order valence-electron chi connectivity index (χ1n) is 9.79. The van der Waals surface area contributed by atoms with Gasteiger partial charge in [0.2, 0.25) is 0 Å². The Morgan fingerprint density at radius 2 is 1.85 bits per heavy atom. The Morgan fingerprint density at radius 3 is 2.54 bits per heavy atom. The molecule has 6 heteroatoms. The van der Waals surface area contributed by atoms with Crippen molar-refractivity contribution < 1.29 is 0 Å². The van der Waals surface area contributed by atoms with Crippen molar-refractivity contribution in [1.29, 1.82) is 0 Å². The van der Waals surface area contributed by atoms with Crippen LogP contribution in [0.1, 0.15) is 81.8 Å². The number of anilines is 1. The molecule has 1 N–H and O–H groups in total. The first kappa shape index (κ1) is 17.2. The van der Waals surface area contributed by atoms with Crippen molar-refractivity contribution in [2.75, 3.05) is 5.32 Å². The fourth-order valence-corrected chi connectivity index (χ4v) is 3.70. The van der Waals surface area contributed by atoms with Crippen molar-refractivity contribution >= 4 is 5.82 Å². The third kappa shape index (κ3) is 3.79. The predicted molar refractivity (Wildman–Crippen MR) is 102 cm³/mol. The number of nitrogens with one attached hydrogen (secondary N) is 1. The lowest BCUT2D eigenvalue weighted by Gasteiger charge is -2.30. The second-order valence-corrected chi connectivity index (χ2v) is 7.92. The largest absolute Gasteiger partial charge is 0.367 e. The summed E-state index contributed by atoms with van der Waals surface area (Å²) in [6.45, 7) is 4.20. The predicted octanol–water partition coefficient (Wildman–Crippen LogP) is 3.63. The summed E-state index contributed by atoms with van der Waals surface area (Å²) in [6, 6.07) is 6.15. The molecule has 2 aromatic heterocycles. The van der Waals surface area contributed by atoms with Gasteiger partial charge in [-0.2, -0.15) is 5.10 Å². The summed E-state index contributed by atoms with van der Waals surface area (Å²) >= 11 is 0. The summed E-state index contributed by atoms with van der Waals surface area (Å²) in [5.74, 6) is 2.67. The molecule has 2 fully saturated rings. The molecule has 6 nitrogen and oxygen atoms in total. The average Bonchev–Trinajstić information content (AvgIpc) is 3.48. The van der Waals surface area contributed by atoms with Crippen LogP contribution in [0, 0.1) is 0 Å². The van der Waals surface area contributed by atoms with Crippen LogP contribution in [0.5, 0.6) is 0 Å². The minimum Gasteiger partial charge on any atom is -0.367 e. The van der Waals surface area contributed by atoms with Crippen LogP contribution in [0.3, 0.4) is 0 Å². The van der Waals surface area contributed by atoms with E-state index >= 15 is 0 Å². The summed E-state index contributed by atoms with van der Waals surface area (Å²) in [6.07, 6.45) is 8.23. The van der Waals surface area contributed by atoms with Crippen LogP contribution in [0.2, 0.25) is 0 Å². The first-order chi connectivity index (χ1) is 12.6. The average molecular weight is 353 g/mol. The molecule has 4 rings (SSSR count). The first-order valence-corrected chi connectivity index (χ1v) is 9.79. The van der Waals surface area contributed by atoms with Gasteiger partial charge >= 0.3 is 0 Å². The molecule has 2 heterocycles. The van der Waals surface area contributed by atoms with Crippen LogP contribution in [-0.2, 0) is 0 Å². The normalized spacial score (nSPS) is 23.2. The van der Waals surface area contributed by atoms with Crippen LogP contribution >= 0.6 is 0 Å². The SMILES string of the molecule is CC(C)c1nccc(NC2CCC(n3nc(C4CC4)ccc3=O)CC2)n1. The molecule has 2 aliphatic carbocycles. The highest BCUT2D eigenvalue weighted by atomic mass is 16.1. The van der Waals surface area contributed by atoms with Crippen molar-refractivity contribution in [2.45, 2.75) is 76.3 Å². The van der Waals surface area contributed by atoms with Crippen molar-refractivity contribution in [3.8, 4) is 0 Å². The summed E-state index contributed by atoms with van der Waals surface area (Å²) in [5.41, 5.74) is 1.12. The molecule has 0 atom stereocenters. The van der Waals surface area contributed by atoms with E-state index in [1.54, 1.807) is 10.7 Å². The molecule has 0 amide bonds. The lowest BCUT2D eigenvalue weighted by Crippen LogP contribution is -2.33. The smallest absolute Gasteiger partial charge is 0.267 e. The second kappa shape index (κ2) is 7.17. The second-order valence-electron chi connectivity index (χ2n) is 7.92. The third-order valence-corrected chi connectivity index (χ3v) is 5.43. The highest BCUT2D eigenvalue weighted by molar-refractivity contribution is 5.34. The summed E-state index contributed by atoms with van der Waals surface area (Å²) in [5, 5.41) is 8.20. The maximum atomic E-state index is 12.3. The number of hydrogen-bond acceptors (Lipinski definition) is 5. The minimum atomic E-state index is 0.0307. The van der Waals surface area contributed by atoms with Crippen LogP contribution in [0.15, 0.2) is 29.2 Å². The van der Waals surface area contributed by atoms with E-state index in [0.717, 1.165) is 43.0 Å². The Morgan fingerprint density at radius 1 is 1.08 bits per heavy atom. The molecule has 0 aromatic carbocycles. The van der Waals surface area contributed by atoms with E-state index in [1.807, 2.05) is 18.3 Å². The Kier molecular flexibility index (Phi) is 4.74. The van der Waals surface area contributed by atoms with Gasteiger partial charge in [0.1, 0.15) is 11.6 Å². The zero-order chi connectivity index (χ0) is 18.1. The molecule has 2 aromatic rings. The molecule has 0 bridgehead atoms. The van der Waals surface area contributed by atoms with E-state index in [1.165, 1.54) is 12.8 Å². The van der Waals surface area contributed by atoms with E-state index in [4.69, 9.17) is 0 Å². The molecule has 26 heavy (non-hydrogen) atoms. The lowest BCUT2D eigenvalue weighted by atomic mass is 9.91. The maximum Gasteiger partial charge on any atom is 0.267 e. The molecule has 2 aliphatic rings. The van der Waals surface area contributed by atoms with Gasteiger partial charge in [0.15, 0.2) is 0 Å². The minimum absolute atomic E-state index is 0.0307. The van der Waals surface area contributed by atoms with E-state index in [0.29, 0.717) is 17.9 Å². The van der Waals surface area contributed by atoms with Gasteiger partial charge in [0.05, 0.1) is 11.7 Å². The summed E-state index contributed by atoms with van der Waals surface area (Å²) in [4.78, 5) is 21.2. The van der Waals surface area contributed by atoms with E-state index in [9.17, 15) is 4.79 Å². The molecule has 0 saturated heterocycles. The van der Waals surface area contributed by atoms with Gasteiger partial charge in [0.25, 0.3) is 5.56 Å². The third-order valence-electron chi connectivity index (χ3n) is 5.43. The molecule has 138 valence electrons. The molecular weight excluding hydrogens is 326 g/mol. The standard InChI is InChI=1S/C20H27N5O/c1-13(2)20-21-12-11-18(23-20)22-15-5-7-16(8-6-15)25-19(26)10-9-17(24-25)14-3-4-14/h9-16H,3-8H2,1-2H3,(H,21,22,23). The van der Waals surface area contributed by atoms with E-state index < -0.39 is 0 Å². The van der Waals surface area contributed by atoms with Crippen molar-refractivity contribution in [3.63, 3.8) is 0 Å². The highest BCUT2D eigenvalue weighted by Crippen LogP contribution is 2.38. The van der Waals surface area contributed by atoms with Crippen LogP contribution in [0.4, 0.5) is 5.82 Å². The number of hydrogen-bond donors (Lipinski definition) is 1. The summed E-state index contributed by atoms with van der Waals surface area (Å²) in [7, 11) is 0. The topological polar surface area (TPSA) is 72.7 Å². The zero-order valence-corrected chi connectivity index (χ0v) is 15.6. The van der Waals surface area contributed by atoms with Gasteiger partial charge in [-0.3, -0.25) is 4.79 Å². The zero-order valence-electron chi connectivity index (χ0n) is 15.6. The van der Waals surface area contributed by atoms with Crippen molar-refractivity contribution in [3.05, 3.63) is 46.3 Å². The van der Waals surface area contributed by atoms with Crippen LogP contribution in [0.25, 0.3) is 0 Å². The van der Waals surface area contributed by atoms with Gasteiger partial charge in [-0.05, 0) is 50.7 Å². The monoisotopic (exact) mass is 353 g/mol. The maximum absolute atomic E-state index is 12.3. The molecule has 2 saturated carbocycles. The molecule has 0 unspecified atom stereocenters. The highest BCUT2D eigenvalue weighted by Gasteiger charge is 2.28. The Balaban J connectivity index is 1.39. The molecule has 0 aliphatic heterocycles. The van der Waals surface area contributed by atoms with Crippen molar-refractivity contribution in [2.24, 2.45) is 0 Å². The van der Waals surface area contributed by atoms with E-state index in [2.05, 4.69) is 34.2 Å². The van der Waals surface area contributed by atoms with Gasteiger partial charge in [-0.15, -0.1) is 0 Å². The van der Waals surface area contributed by atoms with Gasteiger partial charge in [0, 0.05) is 30.1 Å². The number of aromatic nitrogens is 4. The van der Waals surface area contributed by atoms with Crippen LogP contribution in [-0.4, -0.2) is 25.8 Å². The van der Waals surface area contributed by atoms with E-state index in [-0.39, 0.29) is 11.6 Å². The van der Waals surface area contributed by atoms with Gasteiger partial charge < -0.3 is 5.32 Å².